The van der Waals surface area contributed by atoms with Crippen LogP contribution >= 0.6 is 24.8 Å². The lowest BCUT2D eigenvalue weighted by atomic mass is 9.95. The fourth-order valence-corrected chi connectivity index (χ4v) is 3.35. The first-order chi connectivity index (χ1) is 9.91. The molecule has 1 saturated heterocycles. The van der Waals surface area contributed by atoms with E-state index in [0.717, 1.165) is 6.54 Å². The first kappa shape index (κ1) is 22.2. The number of rotatable bonds is 4. The number of halogens is 2. The van der Waals surface area contributed by atoms with Crippen LogP contribution in [-0.4, -0.2) is 55.0 Å². The number of carbonyl (C=O) groups excluding carboxylic acids is 1. The van der Waals surface area contributed by atoms with Crippen LogP contribution in [-0.2, 0) is 4.79 Å². The van der Waals surface area contributed by atoms with Crippen LogP contribution in [0.25, 0.3) is 0 Å². The van der Waals surface area contributed by atoms with Crippen molar-refractivity contribution < 1.29 is 4.79 Å². The van der Waals surface area contributed by atoms with Crippen LogP contribution in [0.4, 0.5) is 0 Å². The molecule has 0 aromatic heterocycles. The molecule has 23 heavy (non-hydrogen) atoms. The SMILES string of the molecule is CC(C)C(C(=O)N1C[C@@H](N)[C@H](c2ccccc2)C1)N(C)C.Cl.Cl. The van der Waals surface area contributed by atoms with Crippen molar-refractivity contribution in [2.24, 2.45) is 11.7 Å². The van der Waals surface area contributed by atoms with Crippen LogP contribution < -0.4 is 5.73 Å². The predicted octanol–water partition coefficient (Wildman–Crippen LogP) is 2.37. The molecule has 6 heteroatoms. The van der Waals surface area contributed by atoms with Crippen LogP contribution in [0.1, 0.15) is 25.3 Å². The van der Waals surface area contributed by atoms with E-state index in [1.165, 1.54) is 5.56 Å². The molecule has 1 aromatic carbocycles. The number of hydrogen-bond donors (Lipinski definition) is 1. The highest BCUT2D eigenvalue weighted by molar-refractivity contribution is 5.85. The summed E-state index contributed by atoms with van der Waals surface area (Å²) in [5.41, 5.74) is 7.51. The van der Waals surface area contributed by atoms with Crippen LogP contribution in [0.5, 0.6) is 0 Å². The Kier molecular flexibility index (Phi) is 9.14. The topological polar surface area (TPSA) is 49.6 Å². The highest BCUT2D eigenvalue weighted by Gasteiger charge is 2.37. The maximum atomic E-state index is 12.8. The molecule has 0 spiro atoms. The highest BCUT2D eigenvalue weighted by atomic mass is 35.5. The third kappa shape index (κ3) is 5.08. The molecule has 2 N–H and O–H groups in total. The van der Waals surface area contributed by atoms with E-state index >= 15 is 0 Å². The molecule has 2 rings (SSSR count). The first-order valence-corrected chi connectivity index (χ1v) is 7.67. The summed E-state index contributed by atoms with van der Waals surface area (Å²) in [5, 5.41) is 0. The van der Waals surface area contributed by atoms with Gasteiger partial charge in [-0.05, 0) is 25.6 Å². The van der Waals surface area contributed by atoms with Gasteiger partial charge in [0.25, 0.3) is 0 Å². The molecule has 1 aliphatic heterocycles. The summed E-state index contributed by atoms with van der Waals surface area (Å²) in [4.78, 5) is 16.7. The molecule has 0 bridgehead atoms. The van der Waals surface area contributed by atoms with Crippen LogP contribution in [0.2, 0.25) is 0 Å². The normalized spacial score (nSPS) is 21.8. The molecule has 0 radical (unpaired) electrons. The van der Waals surface area contributed by atoms with E-state index in [4.69, 9.17) is 5.73 Å². The van der Waals surface area contributed by atoms with Gasteiger partial charge < -0.3 is 10.6 Å². The lowest BCUT2D eigenvalue weighted by molar-refractivity contribution is -0.136. The highest BCUT2D eigenvalue weighted by Crippen LogP contribution is 2.27. The molecular weight excluding hydrogens is 333 g/mol. The van der Waals surface area contributed by atoms with E-state index in [0.29, 0.717) is 12.5 Å². The maximum absolute atomic E-state index is 12.8. The summed E-state index contributed by atoms with van der Waals surface area (Å²) in [7, 11) is 3.93. The van der Waals surface area contributed by atoms with Gasteiger partial charge in [-0.1, -0.05) is 44.2 Å². The van der Waals surface area contributed by atoms with Crippen molar-refractivity contribution in [2.45, 2.75) is 31.8 Å². The molecule has 1 unspecified atom stereocenters. The lowest BCUT2D eigenvalue weighted by Gasteiger charge is -2.30. The second-order valence-electron chi connectivity index (χ2n) is 6.58. The van der Waals surface area contributed by atoms with Gasteiger partial charge in [0.1, 0.15) is 0 Å². The van der Waals surface area contributed by atoms with Crippen molar-refractivity contribution in [1.82, 2.24) is 9.80 Å². The standard InChI is InChI=1S/C17H27N3O.2ClH/c1-12(2)16(19(3)4)17(21)20-10-14(15(18)11-20)13-8-6-5-7-9-13;;/h5-9,12,14-16H,10-11,18H2,1-4H3;2*1H/t14-,15+,16?;;/m0../s1. The smallest absolute Gasteiger partial charge is 0.240 e. The molecule has 1 aromatic rings. The second kappa shape index (κ2) is 9.48. The molecule has 1 heterocycles. The van der Waals surface area contributed by atoms with E-state index in [1.807, 2.05) is 42.1 Å². The zero-order chi connectivity index (χ0) is 15.6. The Hall–Kier alpha value is -0.810. The number of amides is 1. The molecule has 1 amide bonds. The lowest BCUT2D eigenvalue weighted by Crippen LogP contribution is -2.48. The van der Waals surface area contributed by atoms with Crippen molar-refractivity contribution in [1.29, 1.82) is 0 Å². The molecule has 4 nitrogen and oxygen atoms in total. The number of hydrogen-bond acceptors (Lipinski definition) is 3. The maximum Gasteiger partial charge on any atom is 0.240 e. The summed E-state index contributed by atoms with van der Waals surface area (Å²) >= 11 is 0. The molecule has 132 valence electrons. The Morgan fingerprint density at radius 2 is 1.74 bits per heavy atom. The number of carbonyl (C=O) groups is 1. The summed E-state index contributed by atoms with van der Waals surface area (Å²) in [5.74, 6) is 0.730. The minimum absolute atomic E-state index is 0. The molecule has 1 fully saturated rings. The van der Waals surface area contributed by atoms with Crippen molar-refractivity contribution in [3.05, 3.63) is 35.9 Å². The van der Waals surface area contributed by atoms with Gasteiger partial charge in [-0.15, -0.1) is 24.8 Å². The van der Waals surface area contributed by atoms with Crippen LogP contribution in [0, 0.1) is 5.92 Å². The van der Waals surface area contributed by atoms with Gasteiger partial charge in [0.2, 0.25) is 5.91 Å². The van der Waals surface area contributed by atoms with Crippen molar-refractivity contribution in [3.63, 3.8) is 0 Å². The van der Waals surface area contributed by atoms with E-state index in [1.54, 1.807) is 0 Å². The Balaban J connectivity index is 0.00000242. The summed E-state index contributed by atoms with van der Waals surface area (Å²) in [6.07, 6.45) is 0. The minimum Gasteiger partial charge on any atom is -0.339 e. The van der Waals surface area contributed by atoms with Gasteiger partial charge in [-0.25, -0.2) is 0 Å². The minimum atomic E-state index is -0.0771. The van der Waals surface area contributed by atoms with Crippen molar-refractivity contribution in [3.8, 4) is 0 Å². The molecule has 0 saturated carbocycles. The second-order valence-corrected chi connectivity index (χ2v) is 6.58. The van der Waals surface area contributed by atoms with Gasteiger partial charge >= 0.3 is 0 Å². The monoisotopic (exact) mass is 361 g/mol. The Morgan fingerprint density at radius 3 is 2.22 bits per heavy atom. The van der Waals surface area contributed by atoms with Crippen molar-refractivity contribution >= 4 is 30.7 Å². The third-order valence-electron chi connectivity index (χ3n) is 4.35. The number of nitrogens with two attached hydrogens (primary N) is 1. The average molecular weight is 362 g/mol. The zero-order valence-corrected chi connectivity index (χ0v) is 15.9. The number of likely N-dealkylation sites (tertiary alicyclic amines) is 1. The van der Waals surface area contributed by atoms with Gasteiger partial charge in [0.05, 0.1) is 6.04 Å². The molecular formula is C17H29Cl2N3O. The van der Waals surface area contributed by atoms with E-state index in [2.05, 4.69) is 26.0 Å². The van der Waals surface area contributed by atoms with Gasteiger partial charge in [-0.3, -0.25) is 9.69 Å². The van der Waals surface area contributed by atoms with Gasteiger partial charge in [0.15, 0.2) is 0 Å². The fraction of sp³-hybridized carbons (Fsp3) is 0.588. The molecule has 3 atom stereocenters. The largest absolute Gasteiger partial charge is 0.339 e. The van der Waals surface area contributed by atoms with Gasteiger partial charge in [-0.2, -0.15) is 0 Å². The Morgan fingerprint density at radius 1 is 1.17 bits per heavy atom. The van der Waals surface area contributed by atoms with Crippen LogP contribution in [0.15, 0.2) is 30.3 Å². The summed E-state index contributed by atoms with van der Waals surface area (Å²) < 4.78 is 0. The van der Waals surface area contributed by atoms with E-state index in [9.17, 15) is 4.79 Å². The number of nitrogens with zero attached hydrogens (tertiary/aromatic N) is 2. The Labute approximate surface area is 152 Å². The quantitative estimate of drug-likeness (QED) is 0.895. The van der Waals surface area contributed by atoms with E-state index in [-0.39, 0.29) is 48.7 Å². The number of likely N-dealkylation sites (N-methyl/N-ethyl adjacent to an activating group) is 1. The van der Waals surface area contributed by atoms with Crippen LogP contribution in [0.3, 0.4) is 0 Å². The van der Waals surface area contributed by atoms with Gasteiger partial charge in [0, 0.05) is 25.0 Å². The Bertz CT molecular complexity index is 474. The van der Waals surface area contributed by atoms with Crippen molar-refractivity contribution in [2.75, 3.05) is 27.2 Å². The fourth-order valence-electron chi connectivity index (χ4n) is 3.35. The third-order valence-corrected chi connectivity index (χ3v) is 4.35. The molecule has 1 aliphatic rings. The zero-order valence-electron chi connectivity index (χ0n) is 14.3. The summed E-state index contributed by atoms with van der Waals surface area (Å²) in [6, 6.07) is 10.2. The molecule has 0 aliphatic carbocycles. The summed E-state index contributed by atoms with van der Waals surface area (Å²) in [6.45, 7) is 5.55. The average Bonchev–Trinajstić information content (AvgIpc) is 2.81. The predicted molar refractivity (Wildman–Crippen MR) is 101 cm³/mol. The van der Waals surface area contributed by atoms with E-state index < -0.39 is 0 Å². The first-order valence-electron chi connectivity index (χ1n) is 7.67. The number of benzene rings is 1.